The van der Waals surface area contributed by atoms with Gasteiger partial charge in [0.1, 0.15) is 0 Å². The number of benzene rings is 4. The number of rotatable bonds is 7. The zero-order valence-corrected chi connectivity index (χ0v) is 40.7. The first-order valence-electron chi connectivity index (χ1n) is 22.6. The van der Waals surface area contributed by atoms with E-state index < -0.39 is 22.3 Å². The smallest absolute Gasteiger partial charge is 0.425 e. The van der Waals surface area contributed by atoms with E-state index in [0.717, 1.165) is 46.4 Å². The number of fused-ring (bicyclic) bond motifs is 2. The molecule has 2 bridgehead atoms. The van der Waals surface area contributed by atoms with Crippen molar-refractivity contribution >= 4 is 17.5 Å². The van der Waals surface area contributed by atoms with Crippen LogP contribution < -0.4 is 0 Å². The highest BCUT2D eigenvalue weighted by molar-refractivity contribution is 7.59. The van der Waals surface area contributed by atoms with Crippen LogP contribution in [-0.2, 0) is 34.3 Å². The van der Waals surface area contributed by atoms with E-state index >= 15 is 0 Å². The number of halogens is 3. The quantitative estimate of drug-likeness (QED) is 0.137. The van der Waals surface area contributed by atoms with E-state index in [1.165, 1.54) is 106 Å². The molecule has 0 aliphatic carbocycles. The zero-order chi connectivity index (χ0) is 48.4. The van der Waals surface area contributed by atoms with Gasteiger partial charge in [0.15, 0.2) is 0 Å². The molecule has 344 valence electrons. The molecule has 9 heteroatoms. The highest BCUT2D eigenvalue weighted by atomic mass is 32.2. The Morgan fingerprint density at radius 2 is 1.00 bits per heavy atom. The summed E-state index contributed by atoms with van der Waals surface area (Å²) in [7, 11) is -1.22. The number of unbranched alkanes of at least 4 members (excludes halogenated alkanes) is 2. The Bertz CT molecular complexity index is 2420. The molecule has 2 saturated heterocycles. The number of aryl methyl sites for hydroxylation is 2. The predicted octanol–water partition coefficient (Wildman–Crippen LogP) is 13.8. The first-order valence-corrected chi connectivity index (χ1v) is 23.6. The van der Waals surface area contributed by atoms with E-state index in [9.17, 15) is 13.2 Å². The molecule has 0 aromatic heterocycles. The molecule has 2 aliphatic heterocycles. The monoisotopic (exact) mass is 902 g/mol. The lowest BCUT2D eigenvalue weighted by Gasteiger charge is -2.38. The molecule has 0 atom stereocenters. The molecule has 2 aliphatic rings. The maximum absolute atomic E-state index is 12.5. The Kier molecular flexibility index (Phi) is 25.6. The van der Waals surface area contributed by atoms with Gasteiger partial charge in [0, 0.05) is 34.9 Å². The van der Waals surface area contributed by atoms with Crippen molar-refractivity contribution in [2.24, 2.45) is 0 Å². The average molecular weight is 903 g/mol. The van der Waals surface area contributed by atoms with E-state index in [2.05, 4.69) is 118 Å². The lowest BCUT2D eigenvalue weighted by Crippen LogP contribution is -2.36. The van der Waals surface area contributed by atoms with Crippen LogP contribution in [0.4, 0.5) is 13.2 Å². The van der Waals surface area contributed by atoms with Gasteiger partial charge >= 0.3 is 16.8 Å². The van der Waals surface area contributed by atoms with Crippen LogP contribution in [0.1, 0.15) is 159 Å². The third-order valence-corrected chi connectivity index (χ3v) is 12.0. The van der Waals surface area contributed by atoms with Crippen molar-refractivity contribution in [3.05, 3.63) is 140 Å². The van der Waals surface area contributed by atoms with E-state index in [-0.39, 0.29) is 5.56 Å². The Morgan fingerprint density at radius 3 is 1.35 bits per heavy atom. The molecule has 6 rings (SSSR count). The zero-order valence-electron chi connectivity index (χ0n) is 39.9. The number of hydrogen-bond donors (Lipinski definition) is 0. The van der Waals surface area contributed by atoms with E-state index in [4.69, 9.17) is 23.7 Å². The van der Waals surface area contributed by atoms with Crippen LogP contribution in [0.25, 0.3) is 0 Å². The minimum Gasteiger partial charge on any atom is -0.438 e. The molecule has 65 heavy (non-hydrogen) atoms. The van der Waals surface area contributed by atoms with Crippen molar-refractivity contribution in [1.82, 2.24) is 0 Å². The van der Waals surface area contributed by atoms with Gasteiger partial charge in [-0.15, -0.1) is 30.9 Å². The average Bonchev–Trinajstić information content (AvgIpc) is 3.28. The van der Waals surface area contributed by atoms with Gasteiger partial charge in [-0.05, 0) is 161 Å². The van der Waals surface area contributed by atoms with Gasteiger partial charge in [-0.2, -0.15) is 13.2 Å². The van der Waals surface area contributed by atoms with Crippen LogP contribution in [0.5, 0.6) is 0 Å². The fourth-order valence-electron chi connectivity index (χ4n) is 8.05. The van der Waals surface area contributed by atoms with Gasteiger partial charge in [0.05, 0.1) is 5.56 Å². The summed E-state index contributed by atoms with van der Waals surface area (Å²) >= 11 is 0. The normalized spacial score (nSPS) is 14.3. The van der Waals surface area contributed by atoms with Gasteiger partial charge < -0.3 is 4.65 Å². The molecule has 0 saturated carbocycles. The Labute approximate surface area is 391 Å². The second-order valence-corrected chi connectivity index (χ2v) is 16.8. The Balaban J connectivity index is 0.000000301. The van der Waals surface area contributed by atoms with Crippen molar-refractivity contribution in [3.63, 3.8) is 0 Å². The molecule has 4 nitrogen and oxygen atoms in total. The fourth-order valence-corrected chi connectivity index (χ4v) is 8.05. The van der Waals surface area contributed by atoms with Crippen LogP contribution >= 0.6 is 0 Å². The molecule has 0 amide bonds. The standard InChI is InChI=1S/C23H24.C12H11F3.C12H14.C9H17BO.O3S/c1-5-7-9-20-10-12-21(13-11-20)14-15-23-17-16-22(8-6-2)18(3)19(23)4;1-4-5-10-6-7-11(12(13,14)15)9(3)8(10)2;1-3-5-6-12-9-7-11(4-2)8-10-12;1-11-10-8-4-2-5-9(10)7-3-6-8;1-4(2)3/h10-13,16-17H,5,7,9H2,1-4H3;6-7H,1-3H3;2,7-10H,3,5-6H2,1H3;8-9H,2-7H2,1H3;. The maximum Gasteiger partial charge on any atom is 0.425 e. The van der Waals surface area contributed by atoms with Crippen LogP contribution in [0.2, 0.25) is 11.6 Å². The first kappa shape index (κ1) is 55.7. The largest absolute Gasteiger partial charge is 0.438 e. The predicted molar refractivity (Wildman–Crippen MR) is 264 cm³/mol. The number of terminal acetylenes is 1. The van der Waals surface area contributed by atoms with Crippen molar-refractivity contribution in [2.75, 3.05) is 7.11 Å². The summed E-state index contributed by atoms with van der Waals surface area (Å²) in [4.78, 5) is 0. The molecule has 4 aromatic carbocycles. The molecule has 0 radical (unpaired) electrons. The second-order valence-electron chi connectivity index (χ2n) is 16.4. The summed E-state index contributed by atoms with van der Waals surface area (Å²) in [5.41, 5.74) is 10.4. The highest BCUT2D eigenvalue weighted by Gasteiger charge is 2.40. The molecule has 0 spiro atoms. The summed E-state index contributed by atoms with van der Waals surface area (Å²) in [5.74, 6) is 22.6. The molecule has 4 aromatic rings. The molecule has 0 unspecified atom stereocenters. The first-order chi connectivity index (χ1) is 31.0. The van der Waals surface area contributed by atoms with Gasteiger partial charge in [-0.1, -0.05) is 119 Å². The summed E-state index contributed by atoms with van der Waals surface area (Å²) in [5, 5.41) is 0. The maximum atomic E-state index is 12.5. The van der Waals surface area contributed by atoms with E-state index in [0.29, 0.717) is 18.0 Å². The summed E-state index contributed by atoms with van der Waals surface area (Å²) in [6, 6.07) is 23.5. The topological polar surface area (TPSA) is 60.4 Å². The Morgan fingerprint density at radius 1 is 0.615 bits per heavy atom. The van der Waals surface area contributed by atoms with E-state index in [1.807, 2.05) is 26.2 Å². The van der Waals surface area contributed by atoms with Gasteiger partial charge in [0.2, 0.25) is 0 Å². The Hall–Kier alpha value is -5.45. The minimum absolute atomic E-state index is 0.253. The summed E-state index contributed by atoms with van der Waals surface area (Å²) in [6.07, 6.45) is 16.9. The lowest BCUT2D eigenvalue weighted by atomic mass is 9.38. The van der Waals surface area contributed by atoms with E-state index in [1.54, 1.807) is 13.8 Å². The third kappa shape index (κ3) is 19.7. The molecule has 2 fully saturated rings. The van der Waals surface area contributed by atoms with Crippen molar-refractivity contribution in [3.8, 4) is 47.9 Å². The van der Waals surface area contributed by atoms with Crippen LogP contribution in [-0.4, -0.2) is 26.7 Å². The van der Waals surface area contributed by atoms with Crippen molar-refractivity contribution in [1.29, 1.82) is 0 Å². The number of alkyl halides is 3. The second kappa shape index (κ2) is 29.9. The van der Waals surface area contributed by atoms with Crippen LogP contribution in [0, 0.1) is 75.6 Å². The summed E-state index contributed by atoms with van der Waals surface area (Å²) in [6.45, 7) is 15.9. The molecule has 0 N–H and O–H groups in total. The minimum atomic E-state index is -4.28. The molecular weight excluding hydrogens is 836 g/mol. The third-order valence-electron chi connectivity index (χ3n) is 12.0. The van der Waals surface area contributed by atoms with Crippen molar-refractivity contribution in [2.45, 2.75) is 150 Å². The highest BCUT2D eigenvalue weighted by Crippen LogP contribution is 2.46. The van der Waals surface area contributed by atoms with Gasteiger partial charge in [-0.3, -0.25) is 0 Å². The number of hydrogen-bond acceptors (Lipinski definition) is 4. The lowest BCUT2D eigenvalue weighted by molar-refractivity contribution is -0.138. The SMILES string of the molecule is C#Cc1ccc(CCCC)cc1.CC#Cc1ccc(C#Cc2ccc(CCCC)cc2)c(C)c1C.CC#Cc1ccc(C(F)(F)F)c(C)c1C.COB1C2CCCC1CCC2.O=S(=O)=O. The molecule has 2 heterocycles. The van der Waals surface area contributed by atoms with Crippen molar-refractivity contribution < 1.29 is 30.5 Å². The fraction of sp³-hybridized carbons (Fsp3) is 0.429. The van der Waals surface area contributed by atoms with Gasteiger partial charge in [-0.25, -0.2) is 0 Å². The molecular formula is C56H66BF3O4S. The van der Waals surface area contributed by atoms with Crippen LogP contribution in [0.15, 0.2) is 72.8 Å². The summed E-state index contributed by atoms with van der Waals surface area (Å²) < 4.78 is 68.4. The van der Waals surface area contributed by atoms with Gasteiger partial charge in [0.25, 0.3) is 6.92 Å². The van der Waals surface area contributed by atoms with Crippen LogP contribution in [0.3, 0.4) is 0 Å².